The van der Waals surface area contributed by atoms with Crippen molar-refractivity contribution in [1.82, 2.24) is 4.90 Å². The Labute approximate surface area is 113 Å². The quantitative estimate of drug-likeness (QED) is 0.830. The van der Waals surface area contributed by atoms with Gasteiger partial charge in [-0.15, -0.1) is 0 Å². The number of hydrogen-bond acceptors (Lipinski definition) is 3. The smallest absolute Gasteiger partial charge is 0.243 e. The van der Waals surface area contributed by atoms with Crippen LogP contribution in [0.1, 0.15) is 51.4 Å². The van der Waals surface area contributed by atoms with Crippen LogP contribution in [0.15, 0.2) is 0 Å². The van der Waals surface area contributed by atoms with E-state index in [0.717, 1.165) is 38.5 Å². The van der Waals surface area contributed by atoms with Crippen molar-refractivity contribution in [3.63, 3.8) is 0 Å². The molecule has 0 radical (unpaired) electrons. The number of rotatable bonds is 4. The van der Waals surface area contributed by atoms with Gasteiger partial charge in [-0.1, -0.05) is 25.7 Å². The lowest BCUT2D eigenvalue weighted by atomic mass is 9.85. The maximum Gasteiger partial charge on any atom is 0.243 e. The summed E-state index contributed by atoms with van der Waals surface area (Å²) in [6, 6.07) is 2.30. The predicted molar refractivity (Wildman–Crippen MR) is 69.7 cm³/mol. The number of amides is 2. The molecule has 0 spiro atoms. The highest BCUT2D eigenvalue weighted by Gasteiger charge is 2.46. The molecule has 2 amide bonds. The Morgan fingerprint density at radius 1 is 1.21 bits per heavy atom. The van der Waals surface area contributed by atoms with Crippen LogP contribution in [0, 0.1) is 16.7 Å². The van der Waals surface area contributed by atoms with Crippen LogP contribution < -0.4 is 5.73 Å². The van der Waals surface area contributed by atoms with E-state index in [0.29, 0.717) is 12.8 Å². The number of hydrogen-bond donors (Lipinski definition) is 1. The summed E-state index contributed by atoms with van der Waals surface area (Å²) in [5.41, 5.74) is 4.36. The summed E-state index contributed by atoms with van der Waals surface area (Å²) in [5, 5.41) is 9.40. The lowest BCUT2D eigenvalue weighted by Crippen LogP contribution is -2.50. The number of carbonyl (C=O) groups is 2. The molecule has 19 heavy (non-hydrogen) atoms. The topological polar surface area (TPSA) is 87.2 Å². The highest BCUT2D eigenvalue weighted by molar-refractivity contribution is 5.89. The van der Waals surface area contributed by atoms with Crippen LogP contribution in [-0.4, -0.2) is 29.3 Å². The average Bonchev–Trinajstić information content (AvgIpc) is 3.06. The zero-order chi connectivity index (χ0) is 13.9. The SMILES string of the molecule is N#CC1(C(=O)N(CC(N)=O)C2CCCC2)CCCC1. The molecule has 0 aliphatic heterocycles. The highest BCUT2D eigenvalue weighted by Crippen LogP contribution is 2.40. The number of carbonyl (C=O) groups excluding carboxylic acids is 2. The fourth-order valence-electron chi connectivity index (χ4n) is 3.38. The third-order valence-electron chi connectivity index (χ3n) is 4.43. The van der Waals surface area contributed by atoms with E-state index in [1.54, 1.807) is 4.90 Å². The maximum absolute atomic E-state index is 12.7. The van der Waals surface area contributed by atoms with Crippen molar-refractivity contribution >= 4 is 11.8 Å². The minimum Gasteiger partial charge on any atom is -0.368 e. The first-order valence-electron chi connectivity index (χ1n) is 7.10. The number of nitrogens with zero attached hydrogens (tertiary/aromatic N) is 2. The van der Waals surface area contributed by atoms with Crippen LogP contribution in [0.2, 0.25) is 0 Å². The first kappa shape index (κ1) is 13.9. The molecular formula is C14H21N3O2. The molecule has 2 fully saturated rings. The van der Waals surface area contributed by atoms with E-state index >= 15 is 0 Å². The summed E-state index contributed by atoms with van der Waals surface area (Å²) in [6.45, 7) is -0.0487. The van der Waals surface area contributed by atoms with Gasteiger partial charge in [-0.25, -0.2) is 0 Å². The van der Waals surface area contributed by atoms with Gasteiger partial charge >= 0.3 is 0 Å². The van der Waals surface area contributed by atoms with Gasteiger partial charge in [-0.2, -0.15) is 5.26 Å². The van der Waals surface area contributed by atoms with Gasteiger partial charge in [0.2, 0.25) is 11.8 Å². The van der Waals surface area contributed by atoms with Gasteiger partial charge in [0.05, 0.1) is 12.6 Å². The molecule has 0 aromatic rings. The van der Waals surface area contributed by atoms with E-state index in [1.165, 1.54) is 0 Å². The van der Waals surface area contributed by atoms with Crippen molar-refractivity contribution in [2.75, 3.05) is 6.54 Å². The third-order valence-corrected chi connectivity index (χ3v) is 4.43. The van der Waals surface area contributed by atoms with Crippen molar-refractivity contribution in [3.05, 3.63) is 0 Å². The largest absolute Gasteiger partial charge is 0.368 e. The Morgan fingerprint density at radius 3 is 2.26 bits per heavy atom. The standard InChI is InChI=1S/C14H21N3O2/c15-10-14(7-3-4-8-14)13(19)17(9-12(16)18)11-5-1-2-6-11/h11H,1-9H2,(H2,16,18). The molecule has 0 bridgehead atoms. The molecule has 0 saturated heterocycles. The number of nitrogens with two attached hydrogens (primary N) is 1. The Bertz CT molecular complexity index is 401. The second kappa shape index (κ2) is 5.60. The fraction of sp³-hybridized carbons (Fsp3) is 0.786. The monoisotopic (exact) mass is 263 g/mol. The first-order chi connectivity index (χ1) is 9.09. The minimum atomic E-state index is -0.905. The van der Waals surface area contributed by atoms with Crippen LogP contribution in [0.5, 0.6) is 0 Å². The van der Waals surface area contributed by atoms with Crippen molar-refractivity contribution in [1.29, 1.82) is 5.26 Å². The van der Waals surface area contributed by atoms with Gasteiger partial charge in [0.25, 0.3) is 0 Å². The molecule has 0 atom stereocenters. The second-order valence-electron chi connectivity index (χ2n) is 5.74. The van der Waals surface area contributed by atoms with E-state index in [2.05, 4.69) is 6.07 Å². The van der Waals surface area contributed by atoms with Crippen LogP contribution >= 0.6 is 0 Å². The summed E-state index contributed by atoms with van der Waals surface area (Å²) in [6.07, 6.45) is 7.04. The Hall–Kier alpha value is -1.57. The maximum atomic E-state index is 12.7. The number of primary amides is 1. The summed E-state index contributed by atoms with van der Waals surface area (Å²) in [5.74, 6) is -0.662. The van der Waals surface area contributed by atoms with Gasteiger partial charge in [-0.3, -0.25) is 9.59 Å². The molecule has 2 rings (SSSR count). The van der Waals surface area contributed by atoms with Crippen LogP contribution in [0.4, 0.5) is 0 Å². The molecule has 0 unspecified atom stereocenters. The lowest BCUT2D eigenvalue weighted by Gasteiger charge is -2.33. The van der Waals surface area contributed by atoms with Crippen LogP contribution in [0.3, 0.4) is 0 Å². The van der Waals surface area contributed by atoms with Crippen LogP contribution in [0.25, 0.3) is 0 Å². The predicted octanol–water partition coefficient (Wildman–Crippen LogP) is 1.33. The molecule has 0 heterocycles. The first-order valence-corrected chi connectivity index (χ1v) is 7.10. The molecular weight excluding hydrogens is 242 g/mol. The molecule has 2 N–H and O–H groups in total. The molecule has 0 aromatic heterocycles. The lowest BCUT2D eigenvalue weighted by molar-refractivity contribution is -0.144. The zero-order valence-corrected chi connectivity index (χ0v) is 11.2. The van der Waals surface area contributed by atoms with E-state index in [4.69, 9.17) is 5.73 Å². The van der Waals surface area contributed by atoms with Gasteiger partial charge in [0.1, 0.15) is 5.41 Å². The van der Waals surface area contributed by atoms with Crippen molar-refractivity contribution in [2.45, 2.75) is 57.4 Å². The molecule has 2 saturated carbocycles. The van der Waals surface area contributed by atoms with Gasteiger partial charge in [0.15, 0.2) is 0 Å². The summed E-state index contributed by atoms with van der Waals surface area (Å²) >= 11 is 0. The highest BCUT2D eigenvalue weighted by atomic mass is 16.2. The minimum absolute atomic E-state index is 0.0487. The van der Waals surface area contributed by atoms with E-state index in [9.17, 15) is 14.9 Å². The van der Waals surface area contributed by atoms with E-state index < -0.39 is 11.3 Å². The van der Waals surface area contributed by atoms with E-state index in [1.807, 2.05) is 0 Å². The normalized spacial score (nSPS) is 22.1. The molecule has 5 nitrogen and oxygen atoms in total. The van der Waals surface area contributed by atoms with Gasteiger partial charge in [0, 0.05) is 6.04 Å². The van der Waals surface area contributed by atoms with E-state index in [-0.39, 0.29) is 18.5 Å². The molecule has 104 valence electrons. The van der Waals surface area contributed by atoms with Crippen molar-refractivity contribution in [2.24, 2.45) is 11.1 Å². The average molecular weight is 263 g/mol. The molecule has 5 heteroatoms. The third kappa shape index (κ3) is 2.73. The molecule has 2 aliphatic rings. The fourth-order valence-corrected chi connectivity index (χ4v) is 3.38. The van der Waals surface area contributed by atoms with Gasteiger partial charge < -0.3 is 10.6 Å². The Morgan fingerprint density at radius 2 is 1.79 bits per heavy atom. The summed E-state index contributed by atoms with van der Waals surface area (Å²) in [4.78, 5) is 25.5. The van der Waals surface area contributed by atoms with Crippen LogP contribution in [-0.2, 0) is 9.59 Å². The Kier molecular flexibility index (Phi) is 4.08. The van der Waals surface area contributed by atoms with Gasteiger partial charge in [-0.05, 0) is 25.7 Å². The molecule has 2 aliphatic carbocycles. The van der Waals surface area contributed by atoms with Crippen molar-refractivity contribution in [3.8, 4) is 6.07 Å². The molecule has 0 aromatic carbocycles. The Balaban J connectivity index is 2.19. The summed E-state index contributed by atoms with van der Waals surface area (Å²) < 4.78 is 0. The number of nitriles is 1. The zero-order valence-electron chi connectivity index (χ0n) is 11.2. The summed E-state index contributed by atoms with van der Waals surface area (Å²) in [7, 11) is 0. The van der Waals surface area contributed by atoms with Crippen molar-refractivity contribution < 1.29 is 9.59 Å². The second-order valence-corrected chi connectivity index (χ2v) is 5.74.